The molecule has 1 saturated heterocycles. The van der Waals surface area contributed by atoms with Crippen LogP contribution < -0.4 is 10.6 Å². The fourth-order valence-electron chi connectivity index (χ4n) is 3.18. The van der Waals surface area contributed by atoms with Gasteiger partial charge < -0.3 is 19.8 Å². The van der Waals surface area contributed by atoms with Crippen molar-refractivity contribution in [2.75, 3.05) is 39.4 Å². The average molecular weight is 502 g/mol. The molecule has 1 unspecified atom stereocenters. The van der Waals surface area contributed by atoms with Crippen molar-refractivity contribution < 1.29 is 9.15 Å². The first-order valence-corrected chi connectivity index (χ1v) is 9.54. The minimum absolute atomic E-state index is 0. The highest BCUT2D eigenvalue weighted by Gasteiger charge is 2.25. The summed E-state index contributed by atoms with van der Waals surface area (Å²) in [5, 5.41) is 11.0. The number of rotatable bonds is 7. The van der Waals surface area contributed by atoms with Gasteiger partial charge in [0.15, 0.2) is 5.96 Å². The van der Waals surface area contributed by atoms with Crippen molar-refractivity contribution in [1.29, 1.82) is 0 Å². The van der Waals surface area contributed by atoms with Gasteiger partial charge in [-0.05, 0) is 32.0 Å². The number of nitrogens with zero attached hydrogens (tertiary/aromatic N) is 4. The summed E-state index contributed by atoms with van der Waals surface area (Å²) in [5.74, 6) is 2.70. The lowest BCUT2D eigenvalue weighted by molar-refractivity contribution is 0.0124. The van der Waals surface area contributed by atoms with Crippen LogP contribution in [0.3, 0.4) is 0 Å². The second-order valence-corrected chi connectivity index (χ2v) is 6.63. The van der Waals surface area contributed by atoms with Crippen molar-refractivity contribution in [3.8, 4) is 0 Å². The summed E-state index contributed by atoms with van der Waals surface area (Å²) >= 11 is 0. The number of aliphatic imine (C=N–C) groups is 1. The fraction of sp³-hybridized carbons (Fsp3) is 0.579. The Morgan fingerprint density at radius 2 is 2.04 bits per heavy atom. The molecule has 3 heterocycles. The van der Waals surface area contributed by atoms with Gasteiger partial charge in [0.2, 0.25) is 0 Å². The molecule has 1 aliphatic heterocycles. The standard InChI is InChI=1S/C19H30N6O2.HI/c1-4-20-19(21-13-16-7-8-23-24(16)3)22-14-17(18-6-5-15(2)27-18)25-9-11-26-12-10-25;/h5-8,17H,4,9-14H2,1-3H3,(H2,20,21,22);1H. The van der Waals surface area contributed by atoms with E-state index in [1.165, 1.54) is 0 Å². The molecule has 9 heteroatoms. The molecule has 0 bridgehead atoms. The Morgan fingerprint density at radius 1 is 1.25 bits per heavy atom. The van der Waals surface area contributed by atoms with E-state index in [0.29, 0.717) is 13.1 Å². The average Bonchev–Trinajstić information content (AvgIpc) is 3.29. The summed E-state index contributed by atoms with van der Waals surface area (Å²) in [6.45, 7) is 9.44. The van der Waals surface area contributed by atoms with Gasteiger partial charge in [-0.2, -0.15) is 5.10 Å². The van der Waals surface area contributed by atoms with Crippen molar-refractivity contribution in [3.63, 3.8) is 0 Å². The van der Waals surface area contributed by atoms with Gasteiger partial charge in [-0.15, -0.1) is 24.0 Å². The predicted octanol–water partition coefficient (Wildman–Crippen LogP) is 2.07. The third-order valence-corrected chi connectivity index (χ3v) is 4.70. The minimum atomic E-state index is 0. The van der Waals surface area contributed by atoms with E-state index in [1.807, 2.05) is 30.8 Å². The molecule has 2 N–H and O–H groups in total. The van der Waals surface area contributed by atoms with Gasteiger partial charge in [0.05, 0.1) is 31.5 Å². The van der Waals surface area contributed by atoms with Gasteiger partial charge >= 0.3 is 0 Å². The highest BCUT2D eigenvalue weighted by atomic mass is 127. The van der Waals surface area contributed by atoms with E-state index < -0.39 is 0 Å². The number of ether oxygens (including phenoxy) is 1. The zero-order chi connectivity index (χ0) is 19.1. The van der Waals surface area contributed by atoms with Crippen LogP contribution in [-0.2, 0) is 18.3 Å². The molecule has 0 spiro atoms. The lowest BCUT2D eigenvalue weighted by Gasteiger charge is -2.33. The van der Waals surface area contributed by atoms with Crippen LogP contribution in [0.4, 0.5) is 0 Å². The highest BCUT2D eigenvalue weighted by Crippen LogP contribution is 2.23. The monoisotopic (exact) mass is 502 g/mol. The van der Waals surface area contributed by atoms with Crippen LogP contribution in [0.5, 0.6) is 0 Å². The molecule has 28 heavy (non-hydrogen) atoms. The highest BCUT2D eigenvalue weighted by molar-refractivity contribution is 14.0. The fourth-order valence-corrected chi connectivity index (χ4v) is 3.18. The molecular weight excluding hydrogens is 471 g/mol. The summed E-state index contributed by atoms with van der Waals surface area (Å²) in [7, 11) is 1.93. The van der Waals surface area contributed by atoms with Crippen LogP contribution in [0.1, 0.15) is 30.2 Å². The molecule has 3 rings (SSSR count). The zero-order valence-electron chi connectivity index (χ0n) is 16.9. The number of aromatic nitrogens is 2. The summed E-state index contributed by atoms with van der Waals surface area (Å²) in [6, 6.07) is 6.21. The molecule has 0 aliphatic carbocycles. The van der Waals surface area contributed by atoms with E-state index in [-0.39, 0.29) is 30.0 Å². The smallest absolute Gasteiger partial charge is 0.191 e. The summed E-state index contributed by atoms with van der Waals surface area (Å²) < 4.78 is 13.3. The molecule has 1 atom stereocenters. The van der Waals surface area contributed by atoms with Crippen LogP contribution in [0.15, 0.2) is 33.8 Å². The van der Waals surface area contributed by atoms with E-state index in [0.717, 1.165) is 56.0 Å². The Labute approximate surface area is 183 Å². The largest absolute Gasteiger partial charge is 0.465 e. The lowest BCUT2D eigenvalue weighted by atomic mass is 10.1. The second-order valence-electron chi connectivity index (χ2n) is 6.63. The topological polar surface area (TPSA) is 79.8 Å². The summed E-state index contributed by atoms with van der Waals surface area (Å²) in [4.78, 5) is 7.09. The van der Waals surface area contributed by atoms with Crippen LogP contribution >= 0.6 is 24.0 Å². The molecule has 2 aromatic rings. The van der Waals surface area contributed by atoms with Crippen LogP contribution in [-0.4, -0.2) is 60.0 Å². The number of hydrogen-bond donors (Lipinski definition) is 2. The summed E-state index contributed by atoms with van der Waals surface area (Å²) in [6.07, 6.45) is 1.79. The van der Waals surface area contributed by atoms with Gasteiger partial charge in [0, 0.05) is 39.4 Å². The predicted molar refractivity (Wildman–Crippen MR) is 120 cm³/mol. The first-order chi connectivity index (χ1) is 13.2. The Balaban J connectivity index is 0.00000280. The second kappa shape index (κ2) is 11.4. The lowest BCUT2D eigenvalue weighted by Crippen LogP contribution is -2.46. The number of aryl methyl sites for hydroxylation is 2. The maximum atomic E-state index is 5.93. The maximum absolute atomic E-state index is 5.93. The van der Waals surface area contributed by atoms with Gasteiger partial charge in [0.1, 0.15) is 11.5 Å². The van der Waals surface area contributed by atoms with Crippen LogP contribution in [0.2, 0.25) is 0 Å². The van der Waals surface area contributed by atoms with E-state index in [2.05, 4.69) is 33.6 Å². The van der Waals surface area contributed by atoms with Gasteiger partial charge in [0.25, 0.3) is 0 Å². The van der Waals surface area contributed by atoms with Gasteiger partial charge in [-0.1, -0.05) is 0 Å². The third kappa shape index (κ3) is 6.21. The third-order valence-electron chi connectivity index (χ3n) is 4.70. The molecular formula is C19H31IN6O2. The Bertz CT molecular complexity index is 738. The molecule has 8 nitrogen and oxygen atoms in total. The number of guanidine groups is 1. The van der Waals surface area contributed by atoms with Crippen molar-refractivity contribution >= 4 is 29.9 Å². The number of halogens is 1. The minimum Gasteiger partial charge on any atom is -0.465 e. The Morgan fingerprint density at radius 3 is 2.64 bits per heavy atom. The molecule has 156 valence electrons. The zero-order valence-corrected chi connectivity index (χ0v) is 19.2. The Kier molecular flexibility index (Phi) is 9.26. The molecule has 0 amide bonds. The SMILES string of the molecule is CCNC(=NCc1ccnn1C)NCC(c1ccc(C)o1)N1CCOCC1.I. The molecule has 1 fully saturated rings. The molecule has 0 aromatic carbocycles. The van der Waals surface area contributed by atoms with E-state index in [9.17, 15) is 0 Å². The van der Waals surface area contributed by atoms with E-state index in [1.54, 1.807) is 6.20 Å². The van der Waals surface area contributed by atoms with Crippen molar-refractivity contribution in [2.24, 2.45) is 12.0 Å². The normalized spacial score (nSPS) is 16.5. The van der Waals surface area contributed by atoms with E-state index >= 15 is 0 Å². The number of nitrogens with one attached hydrogen (secondary N) is 2. The maximum Gasteiger partial charge on any atom is 0.191 e. The molecule has 1 aliphatic rings. The van der Waals surface area contributed by atoms with Gasteiger partial charge in [-0.3, -0.25) is 9.58 Å². The molecule has 2 aromatic heterocycles. The number of furan rings is 1. The molecule has 0 saturated carbocycles. The number of hydrogen-bond acceptors (Lipinski definition) is 5. The van der Waals surface area contributed by atoms with Crippen LogP contribution in [0.25, 0.3) is 0 Å². The Hall–Kier alpha value is -1.59. The summed E-state index contributed by atoms with van der Waals surface area (Å²) in [5.41, 5.74) is 1.07. The first-order valence-electron chi connectivity index (χ1n) is 9.54. The van der Waals surface area contributed by atoms with E-state index in [4.69, 9.17) is 14.1 Å². The number of morpholine rings is 1. The van der Waals surface area contributed by atoms with Gasteiger partial charge in [-0.25, -0.2) is 4.99 Å². The van der Waals surface area contributed by atoms with Crippen molar-refractivity contribution in [2.45, 2.75) is 26.4 Å². The first kappa shape index (κ1) is 22.7. The van der Waals surface area contributed by atoms with Crippen molar-refractivity contribution in [1.82, 2.24) is 25.3 Å². The quantitative estimate of drug-likeness (QED) is 0.343. The van der Waals surface area contributed by atoms with Crippen LogP contribution in [0, 0.1) is 6.92 Å². The molecule has 0 radical (unpaired) electrons. The van der Waals surface area contributed by atoms with Crippen molar-refractivity contribution in [3.05, 3.63) is 41.6 Å².